The zero-order valence-corrected chi connectivity index (χ0v) is 13.2. The van der Waals surface area contributed by atoms with Crippen molar-refractivity contribution in [2.75, 3.05) is 19.6 Å². The molecular weight excluding hydrogens is 252 g/mol. The van der Waals surface area contributed by atoms with Gasteiger partial charge in [0.25, 0.3) is 0 Å². The summed E-state index contributed by atoms with van der Waals surface area (Å²) in [4.78, 5) is 14.8. The Kier molecular flexibility index (Phi) is 5.08. The molecule has 3 atom stereocenters. The van der Waals surface area contributed by atoms with Gasteiger partial charge in [0.05, 0.1) is 11.7 Å². The van der Waals surface area contributed by atoms with Gasteiger partial charge in [-0.25, -0.2) is 0 Å². The summed E-state index contributed by atoms with van der Waals surface area (Å²) in [6, 6.07) is 0. The van der Waals surface area contributed by atoms with Crippen LogP contribution in [0, 0.1) is 11.8 Å². The molecule has 116 valence electrons. The third kappa shape index (κ3) is 3.95. The van der Waals surface area contributed by atoms with Crippen molar-refractivity contribution in [1.29, 1.82) is 0 Å². The lowest BCUT2D eigenvalue weighted by Gasteiger charge is -2.43. The molecule has 2 N–H and O–H groups in total. The summed E-state index contributed by atoms with van der Waals surface area (Å²) in [5.41, 5.74) is 5.44. The van der Waals surface area contributed by atoms with E-state index < -0.39 is 0 Å². The third-order valence-corrected chi connectivity index (χ3v) is 4.59. The third-order valence-electron chi connectivity index (χ3n) is 4.59. The minimum absolute atomic E-state index is 0.131. The molecule has 1 amide bonds. The maximum absolute atomic E-state index is 12.8. The first-order valence-corrected chi connectivity index (χ1v) is 8.08. The highest BCUT2D eigenvalue weighted by Crippen LogP contribution is 2.33. The highest BCUT2D eigenvalue weighted by atomic mass is 16.5. The Morgan fingerprint density at radius 2 is 2.15 bits per heavy atom. The minimum Gasteiger partial charge on any atom is -0.369 e. The van der Waals surface area contributed by atoms with Gasteiger partial charge in [-0.15, -0.1) is 0 Å². The number of morpholine rings is 1. The van der Waals surface area contributed by atoms with Crippen LogP contribution >= 0.6 is 0 Å². The Labute approximate surface area is 123 Å². The largest absolute Gasteiger partial charge is 0.369 e. The minimum atomic E-state index is -0.224. The molecule has 0 spiro atoms. The zero-order valence-electron chi connectivity index (χ0n) is 13.2. The van der Waals surface area contributed by atoms with Crippen molar-refractivity contribution in [3.05, 3.63) is 0 Å². The number of amides is 1. The summed E-state index contributed by atoms with van der Waals surface area (Å²) >= 11 is 0. The Morgan fingerprint density at radius 3 is 2.80 bits per heavy atom. The monoisotopic (exact) mass is 282 g/mol. The number of hydrogen-bond donors (Lipinski definition) is 1. The predicted octanol–water partition coefficient (Wildman–Crippen LogP) is 2.17. The molecule has 0 aromatic heterocycles. The Morgan fingerprint density at radius 1 is 1.40 bits per heavy atom. The first-order valence-electron chi connectivity index (χ1n) is 8.08. The van der Waals surface area contributed by atoms with Crippen molar-refractivity contribution >= 4 is 5.91 Å². The summed E-state index contributed by atoms with van der Waals surface area (Å²) in [7, 11) is 0. The van der Waals surface area contributed by atoms with Crippen molar-refractivity contribution in [2.24, 2.45) is 17.6 Å². The van der Waals surface area contributed by atoms with Gasteiger partial charge in [0, 0.05) is 19.0 Å². The number of carbonyl (C=O) groups is 1. The number of ether oxygens (including phenoxy) is 1. The van der Waals surface area contributed by atoms with Gasteiger partial charge in [0.15, 0.2) is 0 Å². The molecular formula is C16H30N2O2. The second-order valence-corrected chi connectivity index (χ2v) is 7.21. The summed E-state index contributed by atoms with van der Waals surface area (Å²) < 4.78 is 5.89. The highest BCUT2D eigenvalue weighted by Gasteiger charge is 2.37. The van der Waals surface area contributed by atoms with Gasteiger partial charge in [-0.3, -0.25) is 4.79 Å². The normalized spacial score (nSPS) is 34.0. The number of nitrogens with zero attached hydrogens (tertiary/aromatic N) is 1. The van der Waals surface area contributed by atoms with Crippen LogP contribution < -0.4 is 5.73 Å². The van der Waals surface area contributed by atoms with E-state index in [9.17, 15) is 4.79 Å². The molecule has 1 aliphatic heterocycles. The number of hydrogen-bond acceptors (Lipinski definition) is 3. The lowest BCUT2D eigenvalue weighted by atomic mass is 9.79. The van der Waals surface area contributed by atoms with E-state index in [2.05, 4.69) is 20.8 Å². The Hall–Kier alpha value is -0.610. The lowest BCUT2D eigenvalue weighted by Crippen LogP contribution is -2.55. The fourth-order valence-corrected chi connectivity index (χ4v) is 3.89. The standard InChI is InChI=1S/C16H30N2O2/c1-12-10-18(11-16(2,3)20-12)15(19)14-6-4-5-13(9-14)7-8-17/h12-14H,4-11,17H2,1-3H3. The van der Waals surface area contributed by atoms with Crippen LogP contribution in [0.3, 0.4) is 0 Å². The maximum atomic E-state index is 12.8. The molecule has 0 aromatic rings. The quantitative estimate of drug-likeness (QED) is 0.863. The first kappa shape index (κ1) is 15.8. The van der Waals surface area contributed by atoms with Crippen molar-refractivity contribution in [1.82, 2.24) is 4.90 Å². The Balaban J connectivity index is 1.96. The predicted molar refractivity (Wildman–Crippen MR) is 80.3 cm³/mol. The molecule has 0 radical (unpaired) electrons. The van der Waals surface area contributed by atoms with Gasteiger partial charge in [0.1, 0.15) is 0 Å². The van der Waals surface area contributed by atoms with Crippen molar-refractivity contribution in [3.63, 3.8) is 0 Å². The second kappa shape index (κ2) is 6.44. The number of nitrogens with two attached hydrogens (primary N) is 1. The smallest absolute Gasteiger partial charge is 0.225 e. The van der Waals surface area contributed by atoms with E-state index in [1.165, 1.54) is 12.8 Å². The molecule has 1 aliphatic carbocycles. The number of rotatable bonds is 3. The molecule has 20 heavy (non-hydrogen) atoms. The summed E-state index contributed by atoms with van der Waals surface area (Å²) in [5, 5.41) is 0. The van der Waals surface area contributed by atoms with E-state index in [4.69, 9.17) is 10.5 Å². The molecule has 3 unspecified atom stereocenters. The molecule has 4 nitrogen and oxygen atoms in total. The van der Waals surface area contributed by atoms with E-state index in [0.29, 0.717) is 18.4 Å². The summed E-state index contributed by atoms with van der Waals surface area (Å²) in [5.74, 6) is 1.20. The maximum Gasteiger partial charge on any atom is 0.225 e. The highest BCUT2D eigenvalue weighted by molar-refractivity contribution is 5.79. The SMILES string of the molecule is CC1CN(C(=O)C2CCCC(CCN)C2)CC(C)(C)O1. The van der Waals surface area contributed by atoms with Gasteiger partial charge >= 0.3 is 0 Å². The molecule has 1 heterocycles. The Bertz CT molecular complexity index is 341. The average molecular weight is 282 g/mol. The molecule has 0 aromatic carbocycles. The van der Waals surface area contributed by atoms with Crippen LogP contribution in [0.15, 0.2) is 0 Å². The molecule has 0 bridgehead atoms. The van der Waals surface area contributed by atoms with Crippen LogP contribution in [-0.4, -0.2) is 42.1 Å². The van der Waals surface area contributed by atoms with Gasteiger partial charge in [-0.05, 0) is 52.5 Å². The van der Waals surface area contributed by atoms with Crippen molar-refractivity contribution in [2.45, 2.75) is 64.6 Å². The molecule has 4 heteroatoms. The first-order chi connectivity index (χ1) is 9.41. The number of carbonyl (C=O) groups excluding carboxylic acids is 1. The van der Waals surface area contributed by atoms with E-state index in [1.54, 1.807) is 0 Å². The summed E-state index contributed by atoms with van der Waals surface area (Å²) in [6.45, 7) is 8.39. The van der Waals surface area contributed by atoms with Crippen LogP contribution in [-0.2, 0) is 9.53 Å². The molecule has 2 rings (SSSR count). The van der Waals surface area contributed by atoms with Gasteiger partial charge in [0.2, 0.25) is 5.91 Å². The molecule has 2 fully saturated rings. The molecule has 1 saturated carbocycles. The van der Waals surface area contributed by atoms with Crippen LogP contribution in [0.25, 0.3) is 0 Å². The van der Waals surface area contributed by atoms with E-state index in [0.717, 1.165) is 32.4 Å². The lowest BCUT2D eigenvalue weighted by molar-refractivity contribution is -0.162. The van der Waals surface area contributed by atoms with Crippen LogP contribution in [0.5, 0.6) is 0 Å². The van der Waals surface area contributed by atoms with Gasteiger partial charge in [-0.2, -0.15) is 0 Å². The van der Waals surface area contributed by atoms with E-state index in [1.807, 2.05) is 4.90 Å². The topological polar surface area (TPSA) is 55.6 Å². The second-order valence-electron chi connectivity index (χ2n) is 7.21. The molecule has 2 aliphatic rings. The van der Waals surface area contributed by atoms with Crippen molar-refractivity contribution in [3.8, 4) is 0 Å². The fourth-order valence-electron chi connectivity index (χ4n) is 3.89. The average Bonchev–Trinajstić information content (AvgIpc) is 2.36. The van der Waals surface area contributed by atoms with Crippen molar-refractivity contribution < 1.29 is 9.53 Å². The van der Waals surface area contributed by atoms with E-state index in [-0.39, 0.29) is 17.6 Å². The van der Waals surface area contributed by atoms with E-state index >= 15 is 0 Å². The zero-order chi connectivity index (χ0) is 14.8. The van der Waals surface area contributed by atoms with Crippen LogP contribution in [0.4, 0.5) is 0 Å². The van der Waals surface area contributed by atoms with Crippen LogP contribution in [0.2, 0.25) is 0 Å². The van der Waals surface area contributed by atoms with Crippen LogP contribution in [0.1, 0.15) is 52.9 Å². The molecule has 1 saturated heterocycles. The fraction of sp³-hybridized carbons (Fsp3) is 0.938. The summed E-state index contributed by atoms with van der Waals surface area (Å²) in [6.07, 6.45) is 5.69. The van der Waals surface area contributed by atoms with Gasteiger partial charge < -0.3 is 15.4 Å². The van der Waals surface area contributed by atoms with Gasteiger partial charge in [-0.1, -0.05) is 12.8 Å².